The first-order valence-electron chi connectivity index (χ1n) is 12.4. The Kier molecular flexibility index (Phi) is 12.2. The van der Waals surface area contributed by atoms with Crippen molar-refractivity contribution in [2.24, 2.45) is 11.8 Å². The van der Waals surface area contributed by atoms with Crippen molar-refractivity contribution in [3.63, 3.8) is 0 Å². The summed E-state index contributed by atoms with van der Waals surface area (Å²) < 4.78 is 69.9. The topological polar surface area (TPSA) is 166 Å². The van der Waals surface area contributed by atoms with Crippen LogP contribution in [0.15, 0.2) is 0 Å². The highest BCUT2D eigenvalue weighted by atomic mass is 31.2. The van der Waals surface area contributed by atoms with Gasteiger partial charge in [-0.2, -0.15) is 0 Å². The second kappa shape index (κ2) is 13.8. The fourth-order valence-corrected chi connectivity index (χ4v) is 6.48. The molecule has 10 atom stereocenters. The van der Waals surface area contributed by atoms with Crippen molar-refractivity contribution in [1.82, 2.24) is 0 Å². The number of ether oxygens (including phenoxy) is 3. The fraction of sp³-hybridized carbons (Fsp3) is 0.955. The van der Waals surface area contributed by atoms with Crippen molar-refractivity contribution in [2.45, 2.75) is 104 Å². The van der Waals surface area contributed by atoms with E-state index >= 15 is 0 Å². The van der Waals surface area contributed by atoms with E-state index in [0.29, 0.717) is 0 Å². The lowest BCUT2D eigenvalue weighted by Crippen LogP contribution is -2.35. The number of phosphoric ester groups is 2. The average Bonchev–Trinajstić information content (AvgIpc) is 3.18. The molecule has 2 rings (SSSR count). The zero-order valence-electron chi connectivity index (χ0n) is 22.7. The molecular formula is C22H42O13P2. The van der Waals surface area contributed by atoms with Gasteiger partial charge in [-0.25, -0.2) is 13.9 Å². The van der Waals surface area contributed by atoms with Crippen molar-refractivity contribution in [3.05, 3.63) is 0 Å². The molecule has 2 aliphatic heterocycles. The summed E-state index contributed by atoms with van der Waals surface area (Å²) in [6, 6.07) is 0. The highest BCUT2D eigenvalue weighted by molar-refractivity contribution is 7.48. The molecular weight excluding hydrogens is 534 g/mol. The molecule has 2 fully saturated rings. The van der Waals surface area contributed by atoms with Gasteiger partial charge >= 0.3 is 21.6 Å². The van der Waals surface area contributed by atoms with Crippen LogP contribution >= 0.6 is 15.6 Å². The lowest BCUT2D eigenvalue weighted by Gasteiger charge is -2.28. The predicted octanol–water partition coefficient (Wildman–Crippen LogP) is 3.78. The first kappa shape index (κ1) is 32.8. The lowest BCUT2D eigenvalue weighted by atomic mass is 9.99. The highest BCUT2D eigenvalue weighted by Gasteiger charge is 2.48. The zero-order chi connectivity index (χ0) is 28.1. The second-order valence-electron chi connectivity index (χ2n) is 10.0. The number of aliphatic carboxylic acids is 1. The fourth-order valence-electron chi connectivity index (χ4n) is 4.13. The van der Waals surface area contributed by atoms with Gasteiger partial charge in [0.25, 0.3) is 0 Å². The molecule has 2 aliphatic rings. The van der Waals surface area contributed by atoms with E-state index in [-0.39, 0.29) is 36.8 Å². The summed E-state index contributed by atoms with van der Waals surface area (Å²) in [4.78, 5) is 21.1. The number of carboxylic acids is 1. The van der Waals surface area contributed by atoms with Crippen LogP contribution in [-0.4, -0.2) is 84.6 Å². The van der Waals surface area contributed by atoms with Crippen LogP contribution in [0.1, 0.15) is 55.4 Å². The van der Waals surface area contributed by atoms with Crippen LogP contribution in [0.25, 0.3) is 0 Å². The quantitative estimate of drug-likeness (QED) is 0.271. The summed E-state index contributed by atoms with van der Waals surface area (Å²) in [7, 11) is -8.86. The van der Waals surface area contributed by atoms with E-state index in [1.54, 1.807) is 27.7 Å². The summed E-state index contributed by atoms with van der Waals surface area (Å²) in [5.41, 5.74) is 0. The summed E-state index contributed by atoms with van der Waals surface area (Å²) in [5, 5.41) is 9.10. The SMILES string of the molecule is CC(C)OC1[C@@H](COP(=O)(OCC(=O)O)OC2[C@@H](COP(=O)(O)OC(C)C)O[C@@H](C)[C@H]2C)O[C@@H](C)[C@H]1C. The maximum atomic E-state index is 13.6. The van der Waals surface area contributed by atoms with Crippen LogP contribution in [0.5, 0.6) is 0 Å². The van der Waals surface area contributed by atoms with Gasteiger partial charge in [0.2, 0.25) is 0 Å². The van der Waals surface area contributed by atoms with Crippen molar-refractivity contribution >= 4 is 21.6 Å². The van der Waals surface area contributed by atoms with E-state index in [0.717, 1.165) is 0 Å². The van der Waals surface area contributed by atoms with Gasteiger partial charge in [-0.05, 0) is 41.5 Å². The Morgan fingerprint density at radius 3 is 1.86 bits per heavy atom. The van der Waals surface area contributed by atoms with Gasteiger partial charge in [-0.3, -0.25) is 22.6 Å². The van der Waals surface area contributed by atoms with E-state index in [1.807, 2.05) is 27.7 Å². The van der Waals surface area contributed by atoms with E-state index in [9.17, 15) is 18.8 Å². The first-order valence-corrected chi connectivity index (χ1v) is 15.4. The number of rotatable bonds is 15. The molecule has 0 spiro atoms. The average molecular weight is 577 g/mol. The Bertz CT molecular complexity index is 837. The molecule has 0 bridgehead atoms. The molecule has 2 N–H and O–H groups in total. The Morgan fingerprint density at radius 1 is 0.838 bits per heavy atom. The molecule has 2 heterocycles. The summed E-state index contributed by atoms with van der Waals surface area (Å²) in [6.45, 7) is 12.7. The Morgan fingerprint density at radius 2 is 1.35 bits per heavy atom. The number of phosphoric acid groups is 2. The Hall–Kier alpha value is -0.430. The van der Waals surface area contributed by atoms with Gasteiger partial charge in [0.05, 0.1) is 43.7 Å². The summed E-state index contributed by atoms with van der Waals surface area (Å²) >= 11 is 0. The van der Waals surface area contributed by atoms with E-state index in [1.165, 1.54) is 0 Å². The monoisotopic (exact) mass is 576 g/mol. The second-order valence-corrected chi connectivity index (χ2v) is 13.1. The molecule has 0 aromatic carbocycles. The maximum absolute atomic E-state index is 13.6. The van der Waals surface area contributed by atoms with Crippen LogP contribution in [0.4, 0.5) is 0 Å². The third kappa shape index (κ3) is 9.92. The van der Waals surface area contributed by atoms with Gasteiger partial charge < -0.3 is 24.2 Å². The van der Waals surface area contributed by atoms with Gasteiger partial charge in [-0.15, -0.1) is 0 Å². The Labute approximate surface area is 218 Å². The number of carbonyl (C=O) groups is 1. The molecule has 218 valence electrons. The van der Waals surface area contributed by atoms with Gasteiger partial charge in [-0.1, -0.05) is 13.8 Å². The van der Waals surface area contributed by atoms with E-state index in [2.05, 4.69) is 0 Å². The third-order valence-electron chi connectivity index (χ3n) is 6.20. The molecule has 4 unspecified atom stereocenters. The first-order chi connectivity index (χ1) is 17.0. The van der Waals surface area contributed by atoms with Crippen molar-refractivity contribution in [3.8, 4) is 0 Å². The minimum atomic E-state index is -4.48. The summed E-state index contributed by atoms with van der Waals surface area (Å²) in [6.07, 6.45) is -4.06. The van der Waals surface area contributed by atoms with E-state index < -0.39 is 65.3 Å². The van der Waals surface area contributed by atoms with E-state index in [4.69, 9.17) is 41.9 Å². The molecule has 37 heavy (non-hydrogen) atoms. The number of hydrogen-bond acceptors (Lipinski definition) is 11. The molecule has 0 aromatic rings. The van der Waals surface area contributed by atoms with Crippen LogP contribution in [-0.2, 0) is 50.8 Å². The highest BCUT2D eigenvalue weighted by Crippen LogP contribution is 2.54. The van der Waals surface area contributed by atoms with Crippen molar-refractivity contribution < 1.29 is 60.8 Å². The largest absolute Gasteiger partial charge is 0.480 e. The van der Waals surface area contributed by atoms with Crippen LogP contribution in [0.3, 0.4) is 0 Å². The van der Waals surface area contributed by atoms with Gasteiger partial charge in [0.15, 0.2) is 6.61 Å². The summed E-state index contributed by atoms with van der Waals surface area (Å²) in [5.74, 6) is -1.71. The minimum absolute atomic E-state index is 0.0316. The van der Waals surface area contributed by atoms with Crippen LogP contribution in [0, 0.1) is 11.8 Å². The van der Waals surface area contributed by atoms with Crippen molar-refractivity contribution in [1.29, 1.82) is 0 Å². The normalized spacial score (nSPS) is 35.6. The predicted molar refractivity (Wildman–Crippen MR) is 131 cm³/mol. The Balaban J connectivity index is 2.16. The molecule has 0 aliphatic carbocycles. The third-order valence-corrected chi connectivity index (χ3v) is 8.77. The van der Waals surface area contributed by atoms with Crippen LogP contribution in [0.2, 0.25) is 0 Å². The molecule has 2 saturated heterocycles. The number of hydrogen-bond donors (Lipinski definition) is 2. The molecule has 0 saturated carbocycles. The smallest absolute Gasteiger partial charge is 0.475 e. The molecule has 13 nitrogen and oxygen atoms in total. The van der Waals surface area contributed by atoms with Gasteiger partial charge in [0, 0.05) is 11.8 Å². The molecule has 0 amide bonds. The maximum Gasteiger partial charge on any atom is 0.475 e. The molecule has 0 aromatic heterocycles. The lowest BCUT2D eigenvalue weighted by molar-refractivity contribution is -0.140. The van der Waals surface area contributed by atoms with Gasteiger partial charge in [0.1, 0.15) is 18.3 Å². The standard InChI is InChI=1S/C22H42O13P2/c1-12(2)31-21-14(5)16(7)32-18(21)10-29-37(27,30-11-20(23)24)35-22-15(6)17(8)33-19(22)9-28-36(25,26)34-13(3)4/h12-19,21-22H,9-11H2,1-8H3,(H,23,24)(H,25,26)/t14-,15-,16+,17+,18-,19-,21?,22?,37?/m1/s1. The molecule has 0 radical (unpaired) electrons. The minimum Gasteiger partial charge on any atom is -0.480 e. The zero-order valence-corrected chi connectivity index (χ0v) is 24.5. The number of carboxylic acid groups (broad SMARTS) is 1. The van der Waals surface area contributed by atoms with Crippen LogP contribution < -0.4 is 0 Å². The molecule has 15 heteroatoms. The van der Waals surface area contributed by atoms with Crippen molar-refractivity contribution in [2.75, 3.05) is 19.8 Å².